The van der Waals surface area contributed by atoms with Crippen LogP contribution in [0.5, 0.6) is 0 Å². The van der Waals surface area contributed by atoms with E-state index in [9.17, 15) is 4.79 Å². The van der Waals surface area contributed by atoms with Crippen LogP contribution in [0.4, 0.5) is 5.69 Å². The van der Waals surface area contributed by atoms with Crippen molar-refractivity contribution in [1.29, 1.82) is 0 Å². The van der Waals surface area contributed by atoms with Crippen LogP contribution >= 0.6 is 12.2 Å². The van der Waals surface area contributed by atoms with Gasteiger partial charge in [0.25, 0.3) is 0 Å². The average molecular weight is 293 g/mol. The number of nitrogens with two attached hydrogens (primary N) is 1. The van der Waals surface area contributed by atoms with Gasteiger partial charge in [-0.15, -0.1) is 0 Å². The molecule has 0 aliphatic carbocycles. The van der Waals surface area contributed by atoms with Crippen LogP contribution in [0.2, 0.25) is 0 Å². The Balaban J connectivity index is 2.95. The summed E-state index contributed by atoms with van der Waals surface area (Å²) in [5.41, 5.74) is 8.40. The second-order valence-electron chi connectivity index (χ2n) is 4.79. The minimum atomic E-state index is -0.315. The van der Waals surface area contributed by atoms with Crippen LogP contribution in [-0.2, 0) is 4.79 Å². The predicted molar refractivity (Wildman–Crippen MR) is 88.1 cm³/mol. The van der Waals surface area contributed by atoms with Crippen molar-refractivity contribution in [1.82, 2.24) is 4.90 Å². The molecule has 1 amide bonds. The number of thiocarbonyl (C=S) groups is 1. The molecule has 0 aliphatic rings. The number of anilines is 1. The summed E-state index contributed by atoms with van der Waals surface area (Å²) >= 11 is 5.05. The maximum atomic E-state index is 12.3. The quantitative estimate of drug-likeness (QED) is 0.790. The molecule has 0 spiro atoms. The summed E-state index contributed by atoms with van der Waals surface area (Å²) in [4.78, 5) is 14.4. The van der Waals surface area contributed by atoms with Crippen molar-refractivity contribution in [2.45, 2.75) is 33.7 Å². The number of nitrogens with one attached hydrogen (secondary N) is 1. The lowest BCUT2D eigenvalue weighted by molar-refractivity contribution is -0.131. The monoisotopic (exact) mass is 293 g/mol. The highest BCUT2D eigenvalue weighted by Gasteiger charge is 2.19. The van der Waals surface area contributed by atoms with Crippen LogP contribution in [0.25, 0.3) is 0 Å². The molecule has 0 radical (unpaired) electrons. The Morgan fingerprint density at radius 2 is 2.00 bits per heavy atom. The average Bonchev–Trinajstić information content (AvgIpc) is 2.39. The molecule has 5 heteroatoms. The van der Waals surface area contributed by atoms with Crippen LogP contribution in [-0.4, -0.2) is 34.9 Å². The Hall–Kier alpha value is -1.62. The molecule has 0 saturated heterocycles. The van der Waals surface area contributed by atoms with Gasteiger partial charge in [0.15, 0.2) is 0 Å². The molecule has 0 bridgehead atoms. The first-order valence-corrected chi connectivity index (χ1v) is 7.27. The lowest BCUT2D eigenvalue weighted by Gasteiger charge is -2.25. The summed E-state index contributed by atoms with van der Waals surface area (Å²) < 4.78 is 0. The third-order valence-corrected chi connectivity index (χ3v) is 3.48. The molecule has 1 aromatic carbocycles. The Morgan fingerprint density at radius 1 is 1.40 bits per heavy atom. The first kappa shape index (κ1) is 16.4. The van der Waals surface area contributed by atoms with Crippen molar-refractivity contribution in [2.75, 3.05) is 18.4 Å². The summed E-state index contributed by atoms with van der Waals surface area (Å²) in [7, 11) is 0. The second-order valence-corrected chi connectivity index (χ2v) is 5.23. The maximum Gasteiger partial charge on any atom is 0.244 e. The van der Waals surface area contributed by atoms with E-state index in [0.29, 0.717) is 18.1 Å². The van der Waals surface area contributed by atoms with Gasteiger partial charge in [0, 0.05) is 24.3 Å². The van der Waals surface area contributed by atoms with E-state index in [1.807, 2.05) is 45.9 Å². The van der Waals surface area contributed by atoms with Gasteiger partial charge in [-0.1, -0.05) is 18.3 Å². The number of nitrogens with zero attached hydrogens (tertiary/aromatic N) is 1. The fraction of sp³-hybridized carbons (Fsp3) is 0.467. The number of hydrogen-bond donors (Lipinski definition) is 2. The normalized spacial score (nSPS) is 11.8. The fourth-order valence-corrected chi connectivity index (χ4v) is 2.27. The molecule has 110 valence electrons. The van der Waals surface area contributed by atoms with Gasteiger partial charge in [-0.25, -0.2) is 0 Å². The number of aryl methyl sites for hydroxylation is 1. The van der Waals surface area contributed by atoms with Crippen molar-refractivity contribution in [3.63, 3.8) is 0 Å². The van der Waals surface area contributed by atoms with E-state index in [-0.39, 0.29) is 11.9 Å². The van der Waals surface area contributed by atoms with Crippen LogP contribution in [0.1, 0.15) is 31.9 Å². The van der Waals surface area contributed by atoms with Gasteiger partial charge in [0.1, 0.15) is 11.0 Å². The first-order chi connectivity index (χ1) is 9.40. The van der Waals surface area contributed by atoms with Gasteiger partial charge in [-0.2, -0.15) is 0 Å². The Kier molecular flexibility index (Phi) is 5.95. The molecule has 3 N–H and O–H groups in total. The third-order valence-electron chi connectivity index (χ3n) is 3.26. The number of hydrogen-bond acceptors (Lipinski definition) is 3. The van der Waals surface area contributed by atoms with Crippen LogP contribution in [0.15, 0.2) is 18.2 Å². The molecule has 0 aromatic heterocycles. The van der Waals surface area contributed by atoms with E-state index in [1.54, 1.807) is 4.90 Å². The SMILES string of the molecule is CCN(CC)C(=O)C(C)Nc1cc(C)ccc1C(N)=S. The van der Waals surface area contributed by atoms with Gasteiger partial charge in [-0.05, 0) is 45.4 Å². The topological polar surface area (TPSA) is 58.4 Å². The first-order valence-electron chi connectivity index (χ1n) is 6.86. The molecule has 0 aliphatic heterocycles. The number of likely N-dealkylation sites (N-methyl/N-ethyl adjacent to an activating group) is 1. The van der Waals surface area contributed by atoms with Gasteiger partial charge >= 0.3 is 0 Å². The van der Waals surface area contributed by atoms with E-state index >= 15 is 0 Å². The van der Waals surface area contributed by atoms with Crippen molar-refractivity contribution >= 4 is 28.8 Å². The molecule has 1 aromatic rings. The van der Waals surface area contributed by atoms with E-state index in [0.717, 1.165) is 16.8 Å². The number of benzene rings is 1. The molecule has 1 rings (SSSR count). The van der Waals surface area contributed by atoms with E-state index < -0.39 is 0 Å². The standard InChI is InChI=1S/C15H23N3OS/c1-5-18(6-2)15(19)11(4)17-13-9-10(3)7-8-12(13)14(16)20/h7-9,11,17H,5-6H2,1-4H3,(H2,16,20). The highest BCUT2D eigenvalue weighted by atomic mass is 32.1. The minimum Gasteiger partial charge on any atom is -0.389 e. The van der Waals surface area contributed by atoms with Gasteiger partial charge in [0.05, 0.1) is 0 Å². The Morgan fingerprint density at radius 3 is 2.50 bits per heavy atom. The summed E-state index contributed by atoms with van der Waals surface area (Å²) in [6.07, 6.45) is 0. The van der Waals surface area contributed by atoms with Crippen molar-refractivity contribution in [2.24, 2.45) is 5.73 Å². The molecular formula is C15H23N3OS. The van der Waals surface area contributed by atoms with Gasteiger partial charge < -0.3 is 16.0 Å². The van der Waals surface area contributed by atoms with E-state index in [4.69, 9.17) is 18.0 Å². The number of amides is 1. The highest BCUT2D eigenvalue weighted by molar-refractivity contribution is 7.80. The lowest BCUT2D eigenvalue weighted by Crippen LogP contribution is -2.41. The molecule has 0 heterocycles. The van der Waals surface area contributed by atoms with Crippen LogP contribution in [0, 0.1) is 6.92 Å². The van der Waals surface area contributed by atoms with Crippen molar-refractivity contribution in [3.8, 4) is 0 Å². The van der Waals surface area contributed by atoms with Gasteiger partial charge in [0.2, 0.25) is 5.91 Å². The Labute approximate surface area is 126 Å². The molecular weight excluding hydrogens is 270 g/mol. The zero-order chi connectivity index (χ0) is 15.3. The molecule has 1 unspecified atom stereocenters. The summed E-state index contributed by atoms with van der Waals surface area (Å²) in [5.74, 6) is 0.0744. The maximum absolute atomic E-state index is 12.3. The van der Waals surface area contributed by atoms with Crippen LogP contribution in [0.3, 0.4) is 0 Å². The molecule has 20 heavy (non-hydrogen) atoms. The highest BCUT2D eigenvalue weighted by Crippen LogP contribution is 2.19. The number of rotatable bonds is 6. The van der Waals surface area contributed by atoms with E-state index in [1.165, 1.54) is 0 Å². The zero-order valence-electron chi connectivity index (χ0n) is 12.6. The molecule has 0 saturated carbocycles. The molecule has 1 atom stereocenters. The summed E-state index contributed by atoms with van der Waals surface area (Å²) in [6, 6.07) is 5.48. The smallest absolute Gasteiger partial charge is 0.244 e. The second kappa shape index (κ2) is 7.24. The van der Waals surface area contributed by atoms with Crippen molar-refractivity contribution < 1.29 is 4.79 Å². The lowest BCUT2D eigenvalue weighted by atomic mass is 10.1. The van der Waals surface area contributed by atoms with Crippen LogP contribution < -0.4 is 11.1 Å². The molecule has 4 nitrogen and oxygen atoms in total. The fourth-order valence-electron chi connectivity index (χ4n) is 2.10. The predicted octanol–water partition coefficient (Wildman–Crippen LogP) is 2.30. The number of carbonyl (C=O) groups excluding carboxylic acids is 1. The molecule has 0 fully saturated rings. The largest absolute Gasteiger partial charge is 0.389 e. The van der Waals surface area contributed by atoms with E-state index in [2.05, 4.69) is 5.32 Å². The Bertz CT molecular complexity index is 498. The minimum absolute atomic E-state index is 0.0744. The third kappa shape index (κ3) is 3.93. The summed E-state index contributed by atoms with van der Waals surface area (Å²) in [5, 5.41) is 3.22. The van der Waals surface area contributed by atoms with Gasteiger partial charge in [-0.3, -0.25) is 4.79 Å². The summed E-state index contributed by atoms with van der Waals surface area (Å²) in [6.45, 7) is 9.20. The number of carbonyl (C=O) groups is 1. The van der Waals surface area contributed by atoms with Crippen molar-refractivity contribution in [3.05, 3.63) is 29.3 Å². The zero-order valence-corrected chi connectivity index (χ0v) is 13.4.